The van der Waals surface area contributed by atoms with Gasteiger partial charge < -0.3 is 4.84 Å². The third kappa shape index (κ3) is 4.48. The zero-order valence-electron chi connectivity index (χ0n) is 17.3. The molecule has 6 nitrogen and oxygen atoms in total. The van der Waals surface area contributed by atoms with E-state index in [1.165, 1.54) is 0 Å². The molecule has 0 radical (unpaired) electrons. The summed E-state index contributed by atoms with van der Waals surface area (Å²) in [6, 6.07) is 30.3. The lowest BCUT2D eigenvalue weighted by Gasteiger charge is -2.13. The van der Waals surface area contributed by atoms with E-state index in [0.717, 1.165) is 44.8 Å². The lowest BCUT2D eigenvalue weighted by Crippen LogP contribution is -2.15. The average molecular weight is 440 g/mol. The first kappa shape index (κ1) is 20.2. The minimum absolute atomic E-state index is 0.377. The number of oxime groups is 1. The standard InChI is InChI=1S/C25H21N5OS/c1-4-10-19(11-5-1)22-18-32-25-27-26-23(30(25)28-22)16-17-31-29-24(20-12-6-2-7-13-20)21-14-8-3-9-15-21/h1-15H,16-18H2. The number of hydrogen-bond acceptors (Lipinski definition) is 6. The molecule has 5 rings (SSSR count). The molecule has 1 aliphatic rings. The van der Waals surface area contributed by atoms with Gasteiger partial charge in [0.2, 0.25) is 5.16 Å². The number of nitrogens with zero attached hydrogens (tertiary/aromatic N) is 5. The molecule has 0 N–H and O–H groups in total. The van der Waals surface area contributed by atoms with E-state index < -0.39 is 0 Å². The quantitative estimate of drug-likeness (QED) is 0.239. The van der Waals surface area contributed by atoms with Crippen LogP contribution in [-0.4, -0.2) is 38.7 Å². The van der Waals surface area contributed by atoms with Crippen LogP contribution in [0.25, 0.3) is 0 Å². The number of aromatic nitrogens is 3. The van der Waals surface area contributed by atoms with E-state index in [1.54, 1.807) is 11.8 Å². The van der Waals surface area contributed by atoms with Crippen molar-refractivity contribution in [1.29, 1.82) is 0 Å². The van der Waals surface area contributed by atoms with E-state index in [-0.39, 0.29) is 0 Å². The molecule has 0 spiro atoms. The molecule has 0 atom stereocenters. The van der Waals surface area contributed by atoms with Crippen LogP contribution in [0.1, 0.15) is 22.5 Å². The van der Waals surface area contributed by atoms with Gasteiger partial charge in [0, 0.05) is 23.3 Å². The maximum atomic E-state index is 5.73. The van der Waals surface area contributed by atoms with Crippen LogP contribution in [0.5, 0.6) is 0 Å². The summed E-state index contributed by atoms with van der Waals surface area (Å²) in [5, 5.41) is 18.6. The molecule has 0 saturated carbocycles. The third-order valence-electron chi connectivity index (χ3n) is 5.01. The van der Waals surface area contributed by atoms with E-state index in [1.807, 2.05) is 83.5 Å². The van der Waals surface area contributed by atoms with Gasteiger partial charge in [-0.3, -0.25) is 0 Å². The highest BCUT2D eigenvalue weighted by molar-refractivity contribution is 7.99. The van der Waals surface area contributed by atoms with Crippen LogP contribution in [0.2, 0.25) is 0 Å². The van der Waals surface area contributed by atoms with Gasteiger partial charge in [-0.1, -0.05) is 108 Å². The summed E-state index contributed by atoms with van der Waals surface area (Å²) in [6.45, 7) is 0.377. The molecule has 0 unspecified atom stereocenters. The zero-order chi connectivity index (χ0) is 21.6. The van der Waals surface area contributed by atoms with Gasteiger partial charge in [0.05, 0.1) is 5.71 Å². The van der Waals surface area contributed by atoms with Gasteiger partial charge in [0.25, 0.3) is 0 Å². The van der Waals surface area contributed by atoms with Crippen LogP contribution in [-0.2, 0) is 11.3 Å². The first-order valence-electron chi connectivity index (χ1n) is 10.4. The lowest BCUT2D eigenvalue weighted by molar-refractivity contribution is 0.146. The molecule has 158 valence electrons. The summed E-state index contributed by atoms with van der Waals surface area (Å²) in [7, 11) is 0. The highest BCUT2D eigenvalue weighted by atomic mass is 32.2. The molecular weight excluding hydrogens is 418 g/mol. The maximum absolute atomic E-state index is 5.73. The van der Waals surface area contributed by atoms with E-state index >= 15 is 0 Å². The van der Waals surface area contributed by atoms with Crippen molar-refractivity contribution in [3.8, 4) is 0 Å². The highest BCUT2D eigenvalue weighted by Crippen LogP contribution is 2.24. The molecule has 32 heavy (non-hydrogen) atoms. The molecule has 1 aromatic heterocycles. The van der Waals surface area contributed by atoms with Gasteiger partial charge in [-0.15, -0.1) is 10.2 Å². The van der Waals surface area contributed by atoms with E-state index in [0.29, 0.717) is 13.0 Å². The van der Waals surface area contributed by atoms with Crippen molar-refractivity contribution >= 4 is 23.2 Å². The van der Waals surface area contributed by atoms with Crippen molar-refractivity contribution in [3.05, 3.63) is 114 Å². The van der Waals surface area contributed by atoms with Crippen LogP contribution >= 0.6 is 11.8 Å². The maximum Gasteiger partial charge on any atom is 0.212 e. The van der Waals surface area contributed by atoms with Crippen LogP contribution in [0, 0.1) is 0 Å². The van der Waals surface area contributed by atoms with Crippen molar-refractivity contribution in [2.24, 2.45) is 10.3 Å². The number of thioether (sulfide) groups is 1. The summed E-state index contributed by atoms with van der Waals surface area (Å²) >= 11 is 1.64. The highest BCUT2D eigenvalue weighted by Gasteiger charge is 2.19. The Morgan fingerprint density at radius 2 is 1.47 bits per heavy atom. The minimum atomic E-state index is 0.377. The van der Waals surface area contributed by atoms with E-state index in [9.17, 15) is 0 Å². The Morgan fingerprint density at radius 1 is 0.844 bits per heavy atom. The summed E-state index contributed by atoms with van der Waals surface area (Å²) in [6.07, 6.45) is 0.555. The predicted molar refractivity (Wildman–Crippen MR) is 127 cm³/mol. The number of benzene rings is 3. The molecular formula is C25H21N5OS. The van der Waals surface area contributed by atoms with Gasteiger partial charge in [-0.2, -0.15) is 9.78 Å². The molecule has 7 heteroatoms. The van der Waals surface area contributed by atoms with Crippen LogP contribution in [0.15, 0.2) is 106 Å². The van der Waals surface area contributed by atoms with Crippen molar-refractivity contribution in [3.63, 3.8) is 0 Å². The van der Waals surface area contributed by atoms with Gasteiger partial charge in [-0.25, -0.2) is 0 Å². The summed E-state index contributed by atoms with van der Waals surface area (Å²) in [5.74, 6) is 1.54. The monoisotopic (exact) mass is 439 g/mol. The molecule has 0 amide bonds. The SMILES string of the molecule is c1ccc(C2=Nn3c(CCON=C(c4ccccc4)c4ccccc4)nnc3SC2)cc1. The molecule has 4 aromatic rings. The summed E-state index contributed by atoms with van der Waals surface area (Å²) < 4.78 is 1.82. The minimum Gasteiger partial charge on any atom is -0.395 e. The fraction of sp³-hybridized carbons (Fsp3) is 0.120. The Labute approximate surface area is 190 Å². The van der Waals surface area contributed by atoms with Crippen LogP contribution in [0.3, 0.4) is 0 Å². The Kier molecular flexibility index (Phi) is 6.07. The van der Waals surface area contributed by atoms with E-state index in [4.69, 9.17) is 9.94 Å². The smallest absolute Gasteiger partial charge is 0.212 e. The van der Waals surface area contributed by atoms with Gasteiger partial charge in [-0.05, 0) is 5.56 Å². The molecule has 3 aromatic carbocycles. The van der Waals surface area contributed by atoms with Crippen LogP contribution in [0.4, 0.5) is 0 Å². The topological polar surface area (TPSA) is 64.7 Å². The van der Waals surface area contributed by atoms with Crippen molar-refractivity contribution < 1.29 is 4.84 Å². The zero-order valence-corrected chi connectivity index (χ0v) is 18.2. The first-order valence-corrected chi connectivity index (χ1v) is 11.4. The second-order valence-electron chi connectivity index (χ2n) is 7.17. The molecule has 0 bridgehead atoms. The summed E-state index contributed by atoms with van der Waals surface area (Å²) in [5.41, 5.74) is 4.94. The fourth-order valence-electron chi connectivity index (χ4n) is 3.41. The fourth-order valence-corrected chi connectivity index (χ4v) is 4.26. The Bertz CT molecular complexity index is 1200. The van der Waals surface area contributed by atoms with E-state index in [2.05, 4.69) is 27.5 Å². The number of hydrogen-bond donors (Lipinski definition) is 0. The Hall–Kier alpha value is -3.71. The van der Waals surface area contributed by atoms with Crippen molar-refractivity contribution in [2.45, 2.75) is 11.6 Å². The second-order valence-corrected chi connectivity index (χ2v) is 8.11. The normalized spacial score (nSPS) is 12.6. The van der Waals surface area contributed by atoms with Gasteiger partial charge >= 0.3 is 0 Å². The number of fused-ring (bicyclic) bond motifs is 1. The predicted octanol–water partition coefficient (Wildman–Crippen LogP) is 4.65. The molecule has 0 aliphatic carbocycles. The molecule has 0 saturated heterocycles. The Balaban J connectivity index is 1.32. The molecule has 1 aliphatic heterocycles. The van der Waals surface area contributed by atoms with Gasteiger partial charge in [0.1, 0.15) is 12.3 Å². The summed E-state index contributed by atoms with van der Waals surface area (Å²) in [4.78, 5) is 5.73. The van der Waals surface area contributed by atoms with Crippen molar-refractivity contribution in [1.82, 2.24) is 14.9 Å². The average Bonchev–Trinajstić information content (AvgIpc) is 3.28. The molecule has 2 heterocycles. The first-order chi connectivity index (χ1) is 15.9. The van der Waals surface area contributed by atoms with Crippen LogP contribution < -0.4 is 0 Å². The van der Waals surface area contributed by atoms with Gasteiger partial charge in [0.15, 0.2) is 5.82 Å². The van der Waals surface area contributed by atoms with Crippen molar-refractivity contribution in [2.75, 3.05) is 12.4 Å². The number of rotatable bonds is 7. The second kappa shape index (κ2) is 9.62. The molecule has 0 fully saturated rings. The largest absolute Gasteiger partial charge is 0.395 e. The third-order valence-corrected chi connectivity index (χ3v) is 5.94. The Morgan fingerprint density at radius 3 is 2.12 bits per heavy atom. The lowest BCUT2D eigenvalue weighted by atomic mass is 10.0.